The molecule has 2 aromatic heterocycles. The first-order valence-corrected chi connectivity index (χ1v) is 5.52. The van der Waals surface area contributed by atoms with Gasteiger partial charge in [0.15, 0.2) is 5.22 Å². The topological polar surface area (TPSA) is 25.2 Å². The molecule has 2 nitrogen and oxygen atoms in total. The molecule has 0 bridgehead atoms. The van der Waals surface area contributed by atoms with Crippen molar-refractivity contribution in [1.82, 2.24) is 5.32 Å². The molecule has 0 aliphatic heterocycles. The first-order chi connectivity index (χ1) is 6.83. The molecule has 1 unspecified atom stereocenters. The van der Waals surface area contributed by atoms with Gasteiger partial charge in [0.1, 0.15) is 0 Å². The third-order valence-corrected chi connectivity index (χ3v) is 3.32. The van der Waals surface area contributed by atoms with Crippen LogP contribution in [-0.2, 0) is 0 Å². The lowest BCUT2D eigenvalue weighted by Crippen LogP contribution is -2.15. The third-order valence-electron chi connectivity index (χ3n) is 2.07. The van der Waals surface area contributed by atoms with E-state index in [1.54, 1.807) is 17.6 Å². The third kappa shape index (κ3) is 1.71. The number of hydrogen-bond acceptors (Lipinski definition) is 3. The molecule has 2 aromatic rings. The maximum absolute atomic E-state index is 5.93. The minimum Gasteiger partial charge on any atom is -0.453 e. The van der Waals surface area contributed by atoms with Crippen molar-refractivity contribution >= 4 is 22.9 Å². The SMILES string of the molecule is CNC(c1cccs1)c1ccoc1Cl. The van der Waals surface area contributed by atoms with Crippen LogP contribution in [0.15, 0.2) is 34.3 Å². The molecule has 2 heterocycles. The molecule has 0 radical (unpaired) electrons. The second-order valence-electron chi connectivity index (χ2n) is 2.89. The summed E-state index contributed by atoms with van der Waals surface area (Å²) >= 11 is 7.63. The predicted octanol–water partition coefficient (Wildman–Crippen LogP) is 3.30. The number of thiophene rings is 1. The van der Waals surface area contributed by atoms with E-state index >= 15 is 0 Å². The summed E-state index contributed by atoms with van der Waals surface area (Å²) in [7, 11) is 1.91. The van der Waals surface area contributed by atoms with Crippen LogP contribution < -0.4 is 5.32 Å². The van der Waals surface area contributed by atoms with Gasteiger partial charge in [-0.25, -0.2) is 0 Å². The minimum atomic E-state index is 0.126. The highest BCUT2D eigenvalue weighted by atomic mass is 35.5. The van der Waals surface area contributed by atoms with E-state index in [-0.39, 0.29) is 6.04 Å². The fourth-order valence-electron chi connectivity index (χ4n) is 1.42. The summed E-state index contributed by atoms with van der Waals surface area (Å²) in [5, 5.41) is 5.72. The largest absolute Gasteiger partial charge is 0.453 e. The van der Waals surface area contributed by atoms with Gasteiger partial charge in [-0.3, -0.25) is 0 Å². The van der Waals surface area contributed by atoms with Gasteiger partial charge in [0.25, 0.3) is 0 Å². The number of furan rings is 1. The molecule has 0 aliphatic rings. The zero-order valence-corrected chi connectivity index (χ0v) is 9.23. The van der Waals surface area contributed by atoms with Crippen LogP contribution in [0.4, 0.5) is 0 Å². The van der Waals surface area contributed by atoms with Crippen LogP contribution in [0.1, 0.15) is 16.5 Å². The van der Waals surface area contributed by atoms with E-state index < -0.39 is 0 Å². The van der Waals surface area contributed by atoms with Crippen molar-refractivity contribution in [2.75, 3.05) is 7.05 Å². The molecular formula is C10H10ClNOS. The highest BCUT2D eigenvalue weighted by Gasteiger charge is 2.17. The van der Waals surface area contributed by atoms with Crippen molar-refractivity contribution in [3.05, 3.63) is 45.5 Å². The minimum absolute atomic E-state index is 0.126. The molecule has 0 amide bonds. The summed E-state index contributed by atoms with van der Waals surface area (Å²) in [4.78, 5) is 1.23. The van der Waals surface area contributed by atoms with E-state index in [1.807, 2.05) is 24.6 Å². The number of nitrogens with one attached hydrogen (secondary N) is 1. The Bertz CT molecular complexity index is 396. The highest BCUT2D eigenvalue weighted by molar-refractivity contribution is 7.10. The van der Waals surface area contributed by atoms with E-state index in [9.17, 15) is 0 Å². The fourth-order valence-corrected chi connectivity index (χ4v) is 2.49. The Morgan fingerprint density at radius 1 is 1.50 bits per heavy atom. The summed E-state index contributed by atoms with van der Waals surface area (Å²) < 4.78 is 5.08. The Morgan fingerprint density at radius 3 is 2.86 bits per heavy atom. The van der Waals surface area contributed by atoms with E-state index in [0.29, 0.717) is 5.22 Å². The molecule has 4 heteroatoms. The molecule has 0 spiro atoms. The molecule has 74 valence electrons. The summed E-state index contributed by atoms with van der Waals surface area (Å²) in [6.07, 6.45) is 1.61. The van der Waals surface area contributed by atoms with Crippen molar-refractivity contribution < 1.29 is 4.42 Å². The summed E-state index contributed by atoms with van der Waals surface area (Å²) in [6.45, 7) is 0. The van der Waals surface area contributed by atoms with Gasteiger partial charge in [-0.1, -0.05) is 6.07 Å². The van der Waals surface area contributed by atoms with E-state index in [1.165, 1.54) is 4.88 Å². The zero-order chi connectivity index (χ0) is 9.97. The summed E-state index contributed by atoms with van der Waals surface area (Å²) in [6, 6.07) is 6.12. The molecule has 0 saturated heterocycles. The molecular weight excluding hydrogens is 218 g/mol. The number of halogens is 1. The van der Waals surface area contributed by atoms with Crippen LogP contribution in [-0.4, -0.2) is 7.05 Å². The van der Waals surface area contributed by atoms with Crippen molar-refractivity contribution in [2.24, 2.45) is 0 Å². The lowest BCUT2D eigenvalue weighted by molar-refractivity contribution is 0.560. The maximum Gasteiger partial charge on any atom is 0.198 e. The lowest BCUT2D eigenvalue weighted by Gasteiger charge is -2.12. The van der Waals surface area contributed by atoms with Gasteiger partial charge < -0.3 is 9.73 Å². The average Bonchev–Trinajstić information content (AvgIpc) is 2.80. The van der Waals surface area contributed by atoms with Crippen molar-refractivity contribution in [1.29, 1.82) is 0 Å². The second kappa shape index (κ2) is 4.17. The second-order valence-corrected chi connectivity index (χ2v) is 4.21. The Kier molecular flexibility index (Phi) is 2.91. The zero-order valence-electron chi connectivity index (χ0n) is 7.66. The highest BCUT2D eigenvalue weighted by Crippen LogP contribution is 2.31. The number of rotatable bonds is 3. The Morgan fingerprint density at radius 2 is 2.36 bits per heavy atom. The van der Waals surface area contributed by atoms with Gasteiger partial charge in [-0.2, -0.15) is 0 Å². The van der Waals surface area contributed by atoms with Crippen LogP contribution in [0.2, 0.25) is 5.22 Å². The number of hydrogen-bond donors (Lipinski definition) is 1. The van der Waals surface area contributed by atoms with Crippen LogP contribution in [0.3, 0.4) is 0 Å². The monoisotopic (exact) mass is 227 g/mol. The molecule has 0 saturated carbocycles. The smallest absolute Gasteiger partial charge is 0.198 e. The van der Waals surface area contributed by atoms with Crippen molar-refractivity contribution in [3.8, 4) is 0 Å². The summed E-state index contributed by atoms with van der Waals surface area (Å²) in [5.74, 6) is 0. The molecule has 0 aliphatic carbocycles. The van der Waals surface area contributed by atoms with Crippen molar-refractivity contribution in [3.63, 3.8) is 0 Å². The van der Waals surface area contributed by atoms with Crippen LogP contribution in [0, 0.1) is 0 Å². The van der Waals surface area contributed by atoms with Crippen LogP contribution >= 0.6 is 22.9 Å². The quantitative estimate of drug-likeness (QED) is 0.871. The Hall–Kier alpha value is -0.770. The molecule has 1 atom stereocenters. The predicted molar refractivity (Wildman–Crippen MR) is 58.9 cm³/mol. The first kappa shape index (κ1) is 9.77. The van der Waals surface area contributed by atoms with E-state index in [0.717, 1.165) is 5.56 Å². The van der Waals surface area contributed by atoms with Gasteiger partial charge in [-0.05, 0) is 36.2 Å². The molecule has 0 fully saturated rings. The molecule has 2 rings (SSSR count). The van der Waals surface area contributed by atoms with E-state index in [2.05, 4.69) is 11.4 Å². The lowest BCUT2D eigenvalue weighted by atomic mass is 10.1. The van der Waals surface area contributed by atoms with Gasteiger partial charge in [-0.15, -0.1) is 11.3 Å². The summed E-state index contributed by atoms with van der Waals surface area (Å²) in [5.41, 5.74) is 0.983. The molecule has 0 aromatic carbocycles. The van der Waals surface area contributed by atoms with Crippen LogP contribution in [0.5, 0.6) is 0 Å². The van der Waals surface area contributed by atoms with Gasteiger partial charge >= 0.3 is 0 Å². The van der Waals surface area contributed by atoms with Crippen molar-refractivity contribution in [2.45, 2.75) is 6.04 Å². The first-order valence-electron chi connectivity index (χ1n) is 4.26. The molecule has 14 heavy (non-hydrogen) atoms. The standard InChI is InChI=1S/C10H10ClNOS/c1-12-9(8-3-2-6-14-8)7-4-5-13-10(7)11/h2-6,9,12H,1H3. The molecule has 1 N–H and O–H groups in total. The average molecular weight is 228 g/mol. The van der Waals surface area contributed by atoms with E-state index in [4.69, 9.17) is 16.0 Å². The van der Waals surface area contributed by atoms with Crippen LogP contribution in [0.25, 0.3) is 0 Å². The van der Waals surface area contributed by atoms with Gasteiger partial charge in [0.05, 0.1) is 12.3 Å². The maximum atomic E-state index is 5.93. The fraction of sp³-hybridized carbons (Fsp3) is 0.200. The Balaban J connectivity index is 2.36. The van der Waals surface area contributed by atoms with Gasteiger partial charge in [0.2, 0.25) is 0 Å². The normalized spacial score (nSPS) is 13.0. The Labute approximate surface area is 91.5 Å². The van der Waals surface area contributed by atoms with Gasteiger partial charge in [0, 0.05) is 10.4 Å².